The molecule has 1 amide bonds. The molecule has 22 heavy (non-hydrogen) atoms. The third-order valence-electron chi connectivity index (χ3n) is 3.72. The zero-order chi connectivity index (χ0) is 17.0. The van der Waals surface area contributed by atoms with E-state index in [-0.39, 0.29) is 11.6 Å². The van der Waals surface area contributed by atoms with E-state index in [0.717, 1.165) is 0 Å². The van der Waals surface area contributed by atoms with E-state index in [0.29, 0.717) is 18.4 Å². The van der Waals surface area contributed by atoms with Crippen molar-refractivity contribution < 1.29 is 14.6 Å². The molecule has 8 heteroatoms. The summed E-state index contributed by atoms with van der Waals surface area (Å²) in [6.07, 6.45) is 1.27. The molecule has 0 atom stereocenters. The monoisotopic (exact) mass is 309 g/mol. The fourth-order valence-corrected chi connectivity index (χ4v) is 2.23. The number of nitrogens with zero attached hydrogens (tertiary/aromatic N) is 2. The van der Waals surface area contributed by atoms with Crippen LogP contribution in [0.25, 0.3) is 0 Å². The summed E-state index contributed by atoms with van der Waals surface area (Å²) in [5, 5.41) is 25.1. The largest absolute Gasteiger partial charge is 0.349 e. The Labute approximate surface area is 127 Å². The number of hydrogen-bond acceptors (Lipinski definition) is 5. The van der Waals surface area contributed by atoms with E-state index in [9.17, 15) is 25.0 Å². The summed E-state index contributed by atoms with van der Waals surface area (Å²) in [5.41, 5.74) is -0.874. The van der Waals surface area contributed by atoms with Crippen LogP contribution < -0.4 is 5.32 Å². The van der Waals surface area contributed by atoms with Crippen molar-refractivity contribution in [2.24, 2.45) is 0 Å². The summed E-state index contributed by atoms with van der Waals surface area (Å²) in [4.78, 5) is 33.4. The lowest BCUT2D eigenvalue weighted by atomic mass is 9.99. The van der Waals surface area contributed by atoms with Crippen molar-refractivity contribution in [3.63, 3.8) is 0 Å². The topological polar surface area (TPSA) is 115 Å². The Bertz CT molecular complexity index is 623. The molecule has 0 saturated carbocycles. The minimum atomic E-state index is -0.782. The van der Waals surface area contributed by atoms with E-state index in [2.05, 4.69) is 5.32 Å². The van der Waals surface area contributed by atoms with Crippen LogP contribution in [0.3, 0.4) is 0 Å². The maximum Gasteiger partial charge on any atom is 0.292 e. The number of rotatable bonds is 6. The molecule has 0 unspecified atom stereocenters. The standard InChI is InChI=1S/C14H19N3O5/c1-5-10(6-2)15-14(18)12-11(16(19)20)7-8(3)9(4)13(12)17(21)22/h7,10H,5-6H2,1-4H3,(H,15,18). The van der Waals surface area contributed by atoms with Crippen molar-refractivity contribution in [3.05, 3.63) is 43.0 Å². The van der Waals surface area contributed by atoms with Crippen LogP contribution in [-0.4, -0.2) is 21.8 Å². The number of nitro benzene ring substituents is 2. The molecule has 0 aromatic heterocycles. The van der Waals surface area contributed by atoms with E-state index in [1.54, 1.807) is 0 Å². The van der Waals surface area contributed by atoms with Gasteiger partial charge in [0.15, 0.2) is 5.56 Å². The molecule has 0 radical (unpaired) electrons. The van der Waals surface area contributed by atoms with E-state index in [1.807, 2.05) is 13.8 Å². The van der Waals surface area contributed by atoms with Crippen LogP contribution in [-0.2, 0) is 0 Å². The third-order valence-corrected chi connectivity index (χ3v) is 3.72. The molecular weight excluding hydrogens is 290 g/mol. The quantitative estimate of drug-likeness (QED) is 0.640. The number of carbonyl (C=O) groups excluding carboxylic acids is 1. The summed E-state index contributed by atoms with van der Waals surface area (Å²) in [6.45, 7) is 6.73. The normalized spacial score (nSPS) is 10.6. The predicted molar refractivity (Wildman–Crippen MR) is 81.1 cm³/mol. The lowest BCUT2D eigenvalue weighted by Crippen LogP contribution is -2.34. The van der Waals surface area contributed by atoms with Gasteiger partial charge in [-0.05, 0) is 32.3 Å². The molecule has 0 bridgehead atoms. The van der Waals surface area contributed by atoms with Gasteiger partial charge in [0.1, 0.15) is 0 Å². The van der Waals surface area contributed by atoms with Crippen LogP contribution in [0.5, 0.6) is 0 Å². The smallest absolute Gasteiger partial charge is 0.292 e. The summed E-state index contributed by atoms with van der Waals surface area (Å²) >= 11 is 0. The first-order chi connectivity index (χ1) is 10.2. The van der Waals surface area contributed by atoms with E-state index in [1.165, 1.54) is 19.9 Å². The van der Waals surface area contributed by atoms with Crippen molar-refractivity contribution in [2.75, 3.05) is 0 Å². The maximum absolute atomic E-state index is 12.4. The van der Waals surface area contributed by atoms with Gasteiger partial charge in [0.25, 0.3) is 17.3 Å². The fourth-order valence-electron chi connectivity index (χ4n) is 2.23. The SMILES string of the molecule is CCC(CC)NC(=O)c1c([N+](=O)[O-])cc(C)c(C)c1[N+](=O)[O-]. The average Bonchev–Trinajstić information content (AvgIpc) is 2.45. The molecule has 1 rings (SSSR count). The van der Waals surface area contributed by atoms with Crippen molar-refractivity contribution in [3.8, 4) is 0 Å². The number of aryl methyl sites for hydroxylation is 1. The molecule has 1 aromatic rings. The van der Waals surface area contributed by atoms with Crippen LogP contribution in [0.4, 0.5) is 11.4 Å². The van der Waals surface area contributed by atoms with Gasteiger partial charge in [0.05, 0.1) is 9.85 Å². The zero-order valence-corrected chi connectivity index (χ0v) is 13.0. The summed E-state index contributed by atoms with van der Waals surface area (Å²) in [7, 11) is 0. The van der Waals surface area contributed by atoms with Crippen molar-refractivity contribution in [1.82, 2.24) is 5.32 Å². The molecule has 120 valence electrons. The van der Waals surface area contributed by atoms with Gasteiger partial charge < -0.3 is 5.32 Å². The second-order valence-electron chi connectivity index (χ2n) is 5.06. The van der Waals surface area contributed by atoms with Crippen LogP contribution in [0.15, 0.2) is 6.07 Å². The number of nitro groups is 2. The molecule has 0 saturated heterocycles. The van der Waals surface area contributed by atoms with Crippen LogP contribution in [0, 0.1) is 34.1 Å². The number of amides is 1. The Kier molecular flexibility index (Phi) is 5.56. The van der Waals surface area contributed by atoms with E-state index in [4.69, 9.17) is 0 Å². The summed E-state index contributed by atoms with van der Waals surface area (Å²) < 4.78 is 0. The highest BCUT2D eigenvalue weighted by Crippen LogP contribution is 2.34. The van der Waals surface area contributed by atoms with E-state index >= 15 is 0 Å². The summed E-state index contributed by atoms with van der Waals surface area (Å²) in [5.74, 6) is -0.782. The van der Waals surface area contributed by atoms with Crippen LogP contribution in [0.1, 0.15) is 48.2 Å². The van der Waals surface area contributed by atoms with Crippen LogP contribution in [0.2, 0.25) is 0 Å². The van der Waals surface area contributed by atoms with Crippen molar-refractivity contribution in [1.29, 1.82) is 0 Å². The first-order valence-corrected chi connectivity index (χ1v) is 6.98. The number of benzene rings is 1. The highest BCUT2D eigenvalue weighted by molar-refractivity contribution is 6.03. The zero-order valence-electron chi connectivity index (χ0n) is 13.0. The fraction of sp³-hybridized carbons (Fsp3) is 0.500. The second kappa shape index (κ2) is 6.97. The van der Waals surface area contributed by atoms with Gasteiger partial charge in [0.2, 0.25) is 0 Å². The molecule has 0 spiro atoms. The summed E-state index contributed by atoms with van der Waals surface area (Å²) in [6, 6.07) is 1.01. The number of nitrogens with one attached hydrogen (secondary N) is 1. The maximum atomic E-state index is 12.4. The minimum absolute atomic E-state index is 0.187. The van der Waals surface area contributed by atoms with E-state index < -0.39 is 32.7 Å². The van der Waals surface area contributed by atoms with Crippen molar-refractivity contribution >= 4 is 17.3 Å². The van der Waals surface area contributed by atoms with Crippen LogP contribution >= 0.6 is 0 Å². The first kappa shape index (κ1) is 17.5. The second-order valence-corrected chi connectivity index (χ2v) is 5.06. The Morgan fingerprint density at radius 1 is 1.18 bits per heavy atom. The predicted octanol–water partition coefficient (Wildman–Crippen LogP) is 3.04. The molecule has 0 heterocycles. The van der Waals surface area contributed by atoms with Gasteiger partial charge in [-0.3, -0.25) is 25.0 Å². The highest BCUT2D eigenvalue weighted by Gasteiger charge is 2.34. The molecule has 8 nitrogen and oxygen atoms in total. The highest BCUT2D eigenvalue weighted by atomic mass is 16.6. The molecule has 0 aliphatic heterocycles. The van der Waals surface area contributed by atoms with Gasteiger partial charge in [-0.1, -0.05) is 13.8 Å². The first-order valence-electron chi connectivity index (χ1n) is 6.98. The minimum Gasteiger partial charge on any atom is -0.349 e. The molecule has 0 aliphatic rings. The van der Waals surface area contributed by atoms with Gasteiger partial charge in [-0.15, -0.1) is 0 Å². The van der Waals surface area contributed by atoms with Gasteiger partial charge in [0, 0.05) is 17.7 Å². The lowest BCUT2D eigenvalue weighted by molar-refractivity contribution is -0.395. The molecule has 1 aromatic carbocycles. The van der Waals surface area contributed by atoms with Gasteiger partial charge in [-0.2, -0.15) is 0 Å². The molecule has 1 N–H and O–H groups in total. The average molecular weight is 309 g/mol. The molecule has 0 fully saturated rings. The Balaban J connectivity index is 3.55. The number of carbonyl (C=O) groups is 1. The molecular formula is C14H19N3O5. The van der Waals surface area contributed by atoms with Crippen molar-refractivity contribution in [2.45, 2.75) is 46.6 Å². The Morgan fingerprint density at radius 2 is 1.73 bits per heavy atom. The number of hydrogen-bond donors (Lipinski definition) is 1. The lowest BCUT2D eigenvalue weighted by Gasteiger charge is -2.15. The van der Waals surface area contributed by atoms with Gasteiger partial charge in [-0.25, -0.2) is 0 Å². The Hall–Kier alpha value is -2.51. The molecule has 0 aliphatic carbocycles. The Morgan fingerprint density at radius 3 is 2.14 bits per heavy atom. The third kappa shape index (κ3) is 3.38. The van der Waals surface area contributed by atoms with Gasteiger partial charge >= 0.3 is 0 Å².